The third-order valence-corrected chi connectivity index (χ3v) is 5.32. The molecule has 7 nitrogen and oxygen atoms in total. The maximum atomic E-state index is 13.1. The fourth-order valence-electron chi connectivity index (χ4n) is 3.31. The summed E-state index contributed by atoms with van der Waals surface area (Å²) in [5.41, 5.74) is 2.17. The second kappa shape index (κ2) is 10.0. The molecule has 1 atom stereocenters. The number of unbranched alkanes of at least 4 members (excludes halogenated alkanes) is 1. The van der Waals surface area contributed by atoms with Crippen LogP contribution in [0.3, 0.4) is 0 Å². The molecule has 0 bridgehead atoms. The number of rotatable bonds is 9. The zero-order valence-corrected chi connectivity index (χ0v) is 19.1. The van der Waals surface area contributed by atoms with Crippen molar-refractivity contribution in [3.8, 4) is 5.75 Å². The standard InChI is InChI=1S/C22H30N4O3S/c1-6-8-12-28-20(27)18-15(5)23-21-24-22(30-7-2)25-26(21)19(18)16-10-9-11-17(13-16)29-14(3)4/h9-11,13-14,19H,6-8,12H2,1-5H3,(H,23,24,25). The van der Waals surface area contributed by atoms with Crippen LogP contribution < -0.4 is 10.1 Å². The van der Waals surface area contributed by atoms with E-state index in [1.54, 1.807) is 16.4 Å². The minimum atomic E-state index is -0.440. The molecule has 0 spiro atoms. The fourth-order valence-corrected chi connectivity index (χ4v) is 3.87. The van der Waals surface area contributed by atoms with Crippen molar-refractivity contribution in [2.24, 2.45) is 0 Å². The number of hydrogen-bond donors (Lipinski definition) is 1. The molecule has 30 heavy (non-hydrogen) atoms. The Morgan fingerprint density at radius 3 is 2.83 bits per heavy atom. The van der Waals surface area contributed by atoms with Crippen LogP contribution in [0.1, 0.15) is 59.1 Å². The zero-order chi connectivity index (χ0) is 21.7. The van der Waals surface area contributed by atoms with E-state index in [-0.39, 0.29) is 12.1 Å². The Labute approximate surface area is 182 Å². The van der Waals surface area contributed by atoms with Crippen molar-refractivity contribution in [1.82, 2.24) is 14.8 Å². The Morgan fingerprint density at radius 2 is 2.13 bits per heavy atom. The molecule has 162 valence electrons. The summed E-state index contributed by atoms with van der Waals surface area (Å²) in [5, 5.41) is 8.58. The van der Waals surface area contributed by atoms with Gasteiger partial charge in [0.2, 0.25) is 11.1 Å². The Hall–Kier alpha value is -2.48. The van der Waals surface area contributed by atoms with Crippen molar-refractivity contribution >= 4 is 23.7 Å². The maximum absolute atomic E-state index is 13.1. The van der Waals surface area contributed by atoms with Gasteiger partial charge in [0.1, 0.15) is 11.8 Å². The molecule has 1 aromatic heterocycles. The fraction of sp³-hybridized carbons (Fsp3) is 0.500. The summed E-state index contributed by atoms with van der Waals surface area (Å²) in [5.74, 6) is 1.90. The summed E-state index contributed by atoms with van der Waals surface area (Å²) < 4.78 is 13.2. The summed E-state index contributed by atoms with van der Waals surface area (Å²) in [6.45, 7) is 10.4. The molecular weight excluding hydrogens is 400 g/mol. The quantitative estimate of drug-likeness (QED) is 0.347. The average Bonchev–Trinajstić information content (AvgIpc) is 3.08. The van der Waals surface area contributed by atoms with E-state index in [0.717, 1.165) is 35.6 Å². The zero-order valence-electron chi connectivity index (χ0n) is 18.3. The van der Waals surface area contributed by atoms with E-state index in [2.05, 4.69) is 29.2 Å². The van der Waals surface area contributed by atoms with Gasteiger partial charge in [0, 0.05) is 5.70 Å². The normalized spacial score (nSPS) is 15.7. The predicted molar refractivity (Wildman–Crippen MR) is 119 cm³/mol. The molecule has 1 aliphatic heterocycles. The van der Waals surface area contributed by atoms with Gasteiger partial charge in [-0.25, -0.2) is 9.48 Å². The molecule has 0 saturated heterocycles. The van der Waals surface area contributed by atoms with Crippen LogP contribution in [0.15, 0.2) is 40.7 Å². The third kappa shape index (κ3) is 4.98. The summed E-state index contributed by atoms with van der Waals surface area (Å²) >= 11 is 1.56. The van der Waals surface area contributed by atoms with Crippen LogP contribution in [-0.2, 0) is 9.53 Å². The first-order valence-electron chi connectivity index (χ1n) is 10.4. The largest absolute Gasteiger partial charge is 0.491 e. The van der Waals surface area contributed by atoms with Gasteiger partial charge in [-0.15, -0.1) is 5.10 Å². The van der Waals surface area contributed by atoms with Gasteiger partial charge >= 0.3 is 5.97 Å². The molecule has 0 amide bonds. The lowest BCUT2D eigenvalue weighted by Crippen LogP contribution is -2.30. The number of ether oxygens (including phenoxy) is 2. The van der Waals surface area contributed by atoms with Crippen LogP contribution in [0.5, 0.6) is 5.75 Å². The Balaban J connectivity index is 2.05. The van der Waals surface area contributed by atoms with Gasteiger partial charge in [0.25, 0.3) is 0 Å². The average molecular weight is 431 g/mol. The molecule has 0 saturated carbocycles. The number of allylic oxidation sites excluding steroid dienone is 1. The molecule has 1 N–H and O–H groups in total. The number of fused-ring (bicyclic) bond motifs is 1. The van der Waals surface area contributed by atoms with Gasteiger partial charge in [0.05, 0.1) is 18.3 Å². The summed E-state index contributed by atoms with van der Waals surface area (Å²) in [4.78, 5) is 17.6. The van der Waals surface area contributed by atoms with Gasteiger partial charge in [0.15, 0.2) is 0 Å². The lowest BCUT2D eigenvalue weighted by molar-refractivity contribution is -0.139. The number of nitrogens with zero attached hydrogens (tertiary/aromatic N) is 3. The van der Waals surface area contributed by atoms with Crippen molar-refractivity contribution in [2.75, 3.05) is 17.7 Å². The number of aromatic nitrogens is 3. The van der Waals surface area contributed by atoms with E-state index >= 15 is 0 Å². The van der Waals surface area contributed by atoms with E-state index in [9.17, 15) is 4.79 Å². The lowest BCUT2D eigenvalue weighted by Gasteiger charge is -2.28. The van der Waals surface area contributed by atoms with E-state index in [1.807, 2.05) is 45.0 Å². The number of nitrogens with one attached hydrogen (secondary N) is 1. The molecule has 2 aromatic rings. The Morgan fingerprint density at radius 1 is 1.33 bits per heavy atom. The Bertz CT molecular complexity index is 923. The van der Waals surface area contributed by atoms with Crippen molar-refractivity contribution in [1.29, 1.82) is 0 Å². The van der Waals surface area contributed by atoms with Gasteiger partial charge in [-0.1, -0.05) is 44.2 Å². The van der Waals surface area contributed by atoms with Crippen molar-refractivity contribution in [3.63, 3.8) is 0 Å². The highest BCUT2D eigenvalue weighted by atomic mass is 32.2. The van der Waals surface area contributed by atoms with Crippen LogP contribution in [0.4, 0.5) is 5.95 Å². The summed E-state index contributed by atoms with van der Waals surface area (Å²) in [6.07, 6.45) is 1.85. The van der Waals surface area contributed by atoms with E-state index in [1.165, 1.54) is 0 Å². The van der Waals surface area contributed by atoms with Crippen LogP contribution in [0, 0.1) is 0 Å². The second-order valence-electron chi connectivity index (χ2n) is 7.39. The number of hydrogen-bond acceptors (Lipinski definition) is 7. The number of carbonyl (C=O) groups is 1. The number of benzene rings is 1. The molecular formula is C22H30N4O3S. The van der Waals surface area contributed by atoms with Crippen molar-refractivity contribution < 1.29 is 14.3 Å². The third-order valence-electron chi connectivity index (χ3n) is 4.60. The van der Waals surface area contributed by atoms with E-state index in [4.69, 9.17) is 9.47 Å². The molecule has 1 unspecified atom stereocenters. The SMILES string of the molecule is CCCCOC(=O)C1=C(C)Nc2nc(SCC)nn2C1c1cccc(OC(C)C)c1. The molecule has 0 radical (unpaired) electrons. The first-order chi connectivity index (χ1) is 14.4. The topological polar surface area (TPSA) is 78.3 Å². The molecule has 2 heterocycles. The van der Waals surface area contributed by atoms with Gasteiger partial charge in [-0.05, 0) is 50.6 Å². The van der Waals surface area contributed by atoms with Crippen LogP contribution in [0.2, 0.25) is 0 Å². The van der Waals surface area contributed by atoms with Gasteiger partial charge in [-0.3, -0.25) is 0 Å². The predicted octanol–water partition coefficient (Wildman–Crippen LogP) is 4.81. The first-order valence-corrected chi connectivity index (χ1v) is 11.4. The molecule has 8 heteroatoms. The number of esters is 1. The minimum Gasteiger partial charge on any atom is -0.491 e. The van der Waals surface area contributed by atoms with Crippen LogP contribution in [-0.4, -0.2) is 39.2 Å². The smallest absolute Gasteiger partial charge is 0.338 e. The lowest BCUT2D eigenvalue weighted by atomic mass is 9.95. The molecule has 1 aliphatic rings. The Kier molecular flexibility index (Phi) is 7.42. The number of carbonyl (C=O) groups excluding carboxylic acids is 1. The highest BCUT2D eigenvalue weighted by Crippen LogP contribution is 2.37. The second-order valence-corrected chi connectivity index (χ2v) is 8.62. The van der Waals surface area contributed by atoms with Crippen molar-refractivity contribution in [2.45, 2.75) is 64.8 Å². The maximum Gasteiger partial charge on any atom is 0.338 e. The highest BCUT2D eigenvalue weighted by Gasteiger charge is 2.35. The van der Waals surface area contributed by atoms with Crippen molar-refractivity contribution in [3.05, 3.63) is 41.1 Å². The van der Waals surface area contributed by atoms with Crippen LogP contribution >= 0.6 is 11.8 Å². The summed E-state index contributed by atoms with van der Waals surface area (Å²) in [6, 6.07) is 7.35. The molecule has 0 aliphatic carbocycles. The van der Waals surface area contributed by atoms with E-state index < -0.39 is 6.04 Å². The molecule has 1 aromatic carbocycles. The highest BCUT2D eigenvalue weighted by molar-refractivity contribution is 7.99. The molecule has 0 fully saturated rings. The van der Waals surface area contributed by atoms with E-state index in [0.29, 0.717) is 23.3 Å². The first kappa shape index (κ1) is 22.2. The summed E-state index contributed by atoms with van der Waals surface area (Å²) in [7, 11) is 0. The number of thioether (sulfide) groups is 1. The minimum absolute atomic E-state index is 0.0542. The number of anilines is 1. The monoisotopic (exact) mass is 430 g/mol. The van der Waals surface area contributed by atoms with Gasteiger partial charge in [-0.2, -0.15) is 4.98 Å². The molecule has 3 rings (SSSR count). The van der Waals surface area contributed by atoms with Crippen LogP contribution in [0.25, 0.3) is 0 Å². The van der Waals surface area contributed by atoms with Gasteiger partial charge < -0.3 is 14.8 Å².